The zero-order valence-corrected chi connectivity index (χ0v) is 6.60. The van der Waals surface area contributed by atoms with Crippen LogP contribution in [0, 0.1) is 0 Å². The second kappa shape index (κ2) is 6.34. The lowest BCUT2D eigenvalue weighted by atomic mass is 10.1. The maximum Gasteiger partial charge on any atom is -0.0285 e. The van der Waals surface area contributed by atoms with Crippen LogP contribution in [0.25, 0.3) is 0 Å². The van der Waals surface area contributed by atoms with Gasteiger partial charge in [-0.25, -0.2) is 0 Å². The molecule has 10 heavy (non-hydrogen) atoms. The summed E-state index contributed by atoms with van der Waals surface area (Å²) in [6.07, 6.45) is 8.40. The fraction of sp³-hybridized carbons (Fsp3) is 0.400. The Bertz CT molecular complexity index is 120. The van der Waals surface area contributed by atoms with Crippen molar-refractivity contribution in [1.82, 2.24) is 0 Å². The third-order valence-corrected chi connectivity index (χ3v) is 1.44. The van der Waals surface area contributed by atoms with Crippen LogP contribution in [0.3, 0.4) is 0 Å². The van der Waals surface area contributed by atoms with E-state index in [-0.39, 0.29) is 0 Å². The Labute approximate surface area is 64.0 Å². The first kappa shape index (κ1) is 9.22. The average Bonchev–Trinajstić information content (AvgIpc) is 1.98. The molecule has 0 spiro atoms. The van der Waals surface area contributed by atoms with Crippen LogP contribution < -0.4 is 0 Å². The molecule has 0 heteroatoms. The van der Waals surface area contributed by atoms with Gasteiger partial charge < -0.3 is 0 Å². The lowest BCUT2D eigenvalue weighted by Crippen LogP contribution is -1.76. The minimum Gasteiger partial charge on any atom is -0.103 e. The molecule has 0 aliphatic rings. The van der Waals surface area contributed by atoms with E-state index in [0.717, 1.165) is 18.4 Å². The average molecular weight is 136 g/mol. The van der Waals surface area contributed by atoms with E-state index in [2.05, 4.69) is 19.7 Å². The van der Waals surface area contributed by atoms with Crippen LogP contribution in [-0.4, -0.2) is 0 Å². The summed E-state index contributed by atoms with van der Waals surface area (Å²) in [6, 6.07) is 0. The fourth-order valence-electron chi connectivity index (χ4n) is 0.743. The summed E-state index contributed by atoms with van der Waals surface area (Å²) >= 11 is 0. The van der Waals surface area contributed by atoms with E-state index in [1.54, 1.807) is 0 Å². The van der Waals surface area contributed by atoms with Gasteiger partial charge in [-0.15, -0.1) is 6.58 Å². The molecule has 0 nitrogen and oxygen atoms in total. The van der Waals surface area contributed by atoms with Crippen LogP contribution in [-0.2, 0) is 0 Å². The third-order valence-electron chi connectivity index (χ3n) is 1.44. The van der Waals surface area contributed by atoms with Gasteiger partial charge in [0.2, 0.25) is 0 Å². The van der Waals surface area contributed by atoms with Crippen molar-refractivity contribution in [3.8, 4) is 0 Å². The second-order valence-electron chi connectivity index (χ2n) is 2.40. The quantitative estimate of drug-likeness (QED) is 0.298. The number of allylic oxidation sites excluding steroid dienone is 3. The van der Waals surface area contributed by atoms with E-state index in [0.29, 0.717) is 0 Å². The van der Waals surface area contributed by atoms with Gasteiger partial charge in [-0.3, -0.25) is 0 Å². The lowest BCUT2D eigenvalue weighted by Gasteiger charge is -1.96. The molecule has 0 saturated heterocycles. The summed E-state index contributed by atoms with van der Waals surface area (Å²) in [6.45, 7) is 11.1. The number of hydrogen-bond acceptors (Lipinski definition) is 0. The first-order valence-electron chi connectivity index (χ1n) is 3.72. The Morgan fingerprint density at radius 2 is 1.90 bits per heavy atom. The molecule has 0 N–H and O–H groups in total. The zero-order chi connectivity index (χ0) is 7.82. The first-order chi connectivity index (χ1) is 4.81. The molecule has 0 aliphatic heterocycles. The first-order valence-corrected chi connectivity index (χ1v) is 3.72. The maximum absolute atomic E-state index is 3.83. The molecule has 0 unspecified atom stereocenters. The summed E-state index contributed by atoms with van der Waals surface area (Å²) in [7, 11) is 0. The molecular formula is C10H16. The summed E-state index contributed by atoms with van der Waals surface area (Å²) in [4.78, 5) is 0. The van der Waals surface area contributed by atoms with Crippen molar-refractivity contribution in [3.63, 3.8) is 0 Å². The molecule has 0 atom stereocenters. The molecule has 0 aromatic heterocycles. The van der Waals surface area contributed by atoms with Crippen molar-refractivity contribution in [2.45, 2.75) is 25.7 Å². The second-order valence-corrected chi connectivity index (χ2v) is 2.40. The van der Waals surface area contributed by atoms with Crippen molar-refractivity contribution < 1.29 is 0 Å². The van der Waals surface area contributed by atoms with Gasteiger partial charge in [0.05, 0.1) is 0 Å². The fourth-order valence-corrected chi connectivity index (χ4v) is 0.743. The number of rotatable bonds is 6. The Morgan fingerprint density at radius 3 is 2.40 bits per heavy atom. The van der Waals surface area contributed by atoms with Crippen molar-refractivity contribution in [2.24, 2.45) is 0 Å². The molecule has 56 valence electrons. The molecule has 0 rings (SSSR count). The van der Waals surface area contributed by atoms with Gasteiger partial charge in [-0.1, -0.05) is 30.9 Å². The molecule has 0 amide bonds. The molecule has 0 fully saturated rings. The van der Waals surface area contributed by atoms with Crippen molar-refractivity contribution in [3.05, 3.63) is 37.5 Å². The van der Waals surface area contributed by atoms with E-state index in [1.165, 1.54) is 12.8 Å². The lowest BCUT2D eigenvalue weighted by molar-refractivity contribution is 0.752. The van der Waals surface area contributed by atoms with E-state index >= 15 is 0 Å². The van der Waals surface area contributed by atoms with E-state index in [4.69, 9.17) is 0 Å². The molecular weight excluding hydrogens is 120 g/mol. The predicted molar refractivity (Wildman–Crippen MR) is 48.0 cm³/mol. The van der Waals surface area contributed by atoms with Gasteiger partial charge in [-0.05, 0) is 25.7 Å². The van der Waals surface area contributed by atoms with Crippen LogP contribution >= 0.6 is 0 Å². The van der Waals surface area contributed by atoms with Crippen LogP contribution in [0.15, 0.2) is 37.5 Å². The smallest absolute Gasteiger partial charge is 0.0285 e. The van der Waals surface area contributed by atoms with Crippen molar-refractivity contribution >= 4 is 0 Å². The van der Waals surface area contributed by atoms with Gasteiger partial charge in [0.25, 0.3) is 0 Å². The summed E-state index contributed by atoms with van der Waals surface area (Å²) in [5, 5.41) is 0. The monoisotopic (exact) mass is 136 g/mol. The molecule has 0 heterocycles. The highest BCUT2D eigenvalue weighted by molar-refractivity contribution is 5.10. The summed E-state index contributed by atoms with van der Waals surface area (Å²) < 4.78 is 0. The van der Waals surface area contributed by atoms with E-state index in [1.807, 2.05) is 12.2 Å². The number of hydrogen-bond donors (Lipinski definition) is 0. The van der Waals surface area contributed by atoms with E-state index in [9.17, 15) is 0 Å². The summed E-state index contributed by atoms with van der Waals surface area (Å²) in [5.74, 6) is 0. The standard InChI is InChI=1S/C10H16/c1-4-6-7-8-9-10(3)5-2/h4-5H,1-3,6-9H2. The maximum atomic E-state index is 3.83. The predicted octanol–water partition coefficient (Wildman–Crippen LogP) is 3.48. The normalized spacial score (nSPS) is 8.80. The van der Waals surface area contributed by atoms with Gasteiger partial charge in [-0.2, -0.15) is 0 Å². The Balaban J connectivity index is 3.11. The van der Waals surface area contributed by atoms with Crippen LogP contribution in [0.4, 0.5) is 0 Å². The summed E-state index contributed by atoms with van der Waals surface area (Å²) in [5.41, 5.74) is 1.14. The van der Waals surface area contributed by atoms with Crippen molar-refractivity contribution in [2.75, 3.05) is 0 Å². The van der Waals surface area contributed by atoms with Gasteiger partial charge in [0.15, 0.2) is 0 Å². The Hall–Kier alpha value is -0.780. The van der Waals surface area contributed by atoms with Gasteiger partial charge >= 0.3 is 0 Å². The minimum atomic E-state index is 1.08. The van der Waals surface area contributed by atoms with Gasteiger partial charge in [0.1, 0.15) is 0 Å². The topological polar surface area (TPSA) is 0 Å². The van der Waals surface area contributed by atoms with Gasteiger partial charge in [0, 0.05) is 0 Å². The highest BCUT2D eigenvalue weighted by atomic mass is 13.9. The molecule has 0 bridgehead atoms. The largest absolute Gasteiger partial charge is 0.103 e. The van der Waals surface area contributed by atoms with Crippen LogP contribution in [0.5, 0.6) is 0 Å². The Kier molecular flexibility index (Phi) is 5.85. The van der Waals surface area contributed by atoms with Crippen LogP contribution in [0.2, 0.25) is 0 Å². The molecule has 0 aromatic rings. The molecule has 0 radical (unpaired) electrons. The highest BCUT2D eigenvalue weighted by Crippen LogP contribution is 2.07. The number of unbranched alkanes of at least 4 members (excludes halogenated alkanes) is 2. The molecule has 0 aromatic carbocycles. The molecule has 0 saturated carbocycles. The zero-order valence-electron chi connectivity index (χ0n) is 6.60. The molecule has 0 aliphatic carbocycles. The Morgan fingerprint density at radius 1 is 1.20 bits per heavy atom. The SMILES string of the molecule is C=CCCCCC(=C)C=C. The van der Waals surface area contributed by atoms with Crippen LogP contribution in [0.1, 0.15) is 25.7 Å². The van der Waals surface area contributed by atoms with Crippen molar-refractivity contribution in [1.29, 1.82) is 0 Å². The third kappa shape index (κ3) is 5.36. The highest BCUT2D eigenvalue weighted by Gasteiger charge is 1.87. The minimum absolute atomic E-state index is 1.08. The van der Waals surface area contributed by atoms with E-state index < -0.39 is 0 Å².